The summed E-state index contributed by atoms with van der Waals surface area (Å²) in [7, 11) is 0. The van der Waals surface area contributed by atoms with Crippen molar-refractivity contribution >= 4 is 6.29 Å². The molecule has 0 unspecified atom stereocenters. The fraction of sp³-hybridized carbons (Fsp3) is 0.875. The van der Waals surface area contributed by atoms with Gasteiger partial charge in [0.2, 0.25) is 0 Å². The first-order chi connectivity index (χ1) is 5.72. The fourth-order valence-corrected chi connectivity index (χ4v) is 1.47. The van der Waals surface area contributed by atoms with Crippen LogP contribution < -0.4 is 0 Å². The molecule has 0 aliphatic carbocycles. The number of carbonyl (C=O) groups is 1. The van der Waals surface area contributed by atoms with Crippen molar-refractivity contribution in [1.29, 1.82) is 0 Å². The van der Waals surface area contributed by atoms with E-state index in [-0.39, 0.29) is 12.5 Å². The van der Waals surface area contributed by atoms with E-state index in [9.17, 15) is 13.6 Å². The molecule has 1 aliphatic heterocycles. The van der Waals surface area contributed by atoms with Gasteiger partial charge in [-0.1, -0.05) is 0 Å². The highest BCUT2D eigenvalue weighted by Gasteiger charge is 2.20. The van der Waals surface area contributed by atoms with Gasteiger partial charge in [0.1, 0.15) is 6.29 Å². The third-order valence-corrected chi connectivity index (χ3v) is 2.22. The Kier molecular flexibility index (Phi) is 3.59. The molecular weight excluding hydrogens is 164 g/mol. The average Bonchev–Trinajstić information content (AvgIpc) is 2.05. The van der Waals surface area contributed by atoms with Crippen LogP contribution in [-0.2, 0) is 4.79 Å². The molecule has 0 aromatic rings. The van der Waals surface area contributed by atoms with Gasteiger partial charge in [-0.05, 0) is 25.9 Å². The Balaban J connectivity index is 2.21. The lowest BCUT2D eigenvalue weighted by atomic mass is 9.99. The second-order valence-electron chi connectivity index (χ2n) is 3.17. The van der Waals surface area contributed by atoms with Crippen molar-refractivity contribution in [2.24, 2.45) is 5.92 Å². The first-order valence-electron chi connectivity index (χ1n) is 4.18. The van der Waals surface area contributed by atoms with Gasteiger partial charge in [0.05, 0.1) is 6.54 Å². The standard InChI is InChI=1S/C8H13F2NO/c9-8(10)5-11-3-1-7(6-12)2-4-11/h6-8H,1-5H2. The molecule has 0 aromatic heterocycles. The number of carbonyl (C=O) groups excluding carboxylic acids is 1. The molecule has 0 bridgehead atoms. The molecule has 1 saturated heterocycles. The molecule has 12 heavy (non-hydrogen) atoms. The maximum absolute atomic E-state index is 11.9. The van der Waals surface area contributed by atoms with E-state index in [1.165, 1.54) is 0 Å². The van der Waals surface area contributed by atoms with Crippen molar-refractivity contribution < 1.29 is 13.6 Å². The van der Waals surface area contributed by atoms with Gasteiger partial charge >= 0.3 is 0 Å². The highest BCUT2D eigenvalue weighted by Crippen LogP contribution is 2.15. The van der Waals surface area contributed by atoms with Gasteiger partial charge in [-0.15, -0.1) is 0 Å². The highest BCUT2D eigenvalue weighted by molar-refractivity contribution is 5.53. The molecule has 1 fully saturated rings. The molecule has 1 aliphatic rings. The zero-order valence-corrected chi connectivity index (χ0v) is 6.88. The van der Waals surface area contributed by atoms with E-state index in [4.69, 9.17) is 0 Å². The molecule has 1 heterocycles. The number of piperidine rings is 1. The third-order valence-electron chi connectivity index (χ3n) is 2.22. The molecule has 1 rings (SSSR count). The van der Waals surface area contributed by atoms with Crippen LogP contribution in [0.5, 0.6) is 0 Å². The molecule has 2 nitrogen and oxygen atoms in total. The fourth-order valence-electron chi connectivity index (χ4n) is 1.47. The average molecular weight is 177 g/mol. The molecule has 0 amide bonds. The van der Waals surface area contributed by atoms with Crippen molar-refractivity contribution in [2.75, 3.05) is 19.6 Å². The summed E-state index contributed by atoms with van der Waals surface area (Å²) in [5, 5.41) is 0. The van der Waals surface area contributed by atoms with Crippen LogP contribution in [0, 0.1) is 5.92 Å². The van der Waals surface area contributed by atoms with Gasteiger partial charge < -0.3 is 4.79 Å². The summed E-state index contributed by atoms with van der Waals surface area (Å²) in [5.41, 5.74) is 0. The van der Waals surface area contributed by atoms with E-state index in [2.05, 4.69) is 0 Å². The summed E-state index contributed by atoms with van der Waals surface area (Å²) in [6, 6.07) is 0. The van der Waals surface area contributed by atoms with Crippen LogP contribution in [0.15, 0.2) is 0 Å². The van der Waals surface area contributed by atoms with Gasteiger partial charge in [0.25, 0.3) is 6.43 Å². The first-order valence-corrected chi connectivity index (χ1v) is 4.18. The topological polar surface area (TPSA) is 20.3 Å². The number of halogens is 2. The van der Waals surface area contributed by atoms with E-state index < -0.39 is 6.43 Å². The SMILES string of the molecule is O=CC1CCN(CC(F)F)CC1. The maximum atomic E-state index is 11.9. The number of hydrogen-bond donors (Lipinski definition) is 0. The minimum atomic E-state index is -2.25. The predicted molar refractivity (Wildman–Crippen MR) is 41.2 cm³/mol. The lowest BCUT2D eigenvalue weighted by Crippen LogP contribution is -2.37. The van der Waals surface area contributed by atoms with Crippen molar-refractivity contribution in [3.05, 3.63) is 0 Å². The minimum absolute atomic E-state index is 0.0962. The van der Waals surface area contributed by atoms with Crippen molar-refractivity contribution in [3.63, 3.8) is 0 Å². The minimum Gasteiger partial charge on any atom is -0.303 e. The summed E-state index contributed by atoms with van der Waals surface area (Å²) in [4.78, 5) is 12.0. The number of aldehydes is 1. The van der Waals surface area contributed by atoms with Crippen molar-refractivity contribution in [1.82, 2.24) is 4.90 Å². The van der Waals surface area contributed by atoms with Crippen LogP contribution in [0.25, 0.3) is 0 Å². The lowest BCUT2D eigenvalue weighted by Gasteiger charge is -2.28. The summed E-state index contributed by atoms with van der Waals surface area (Å²) in [6.07, 6.45) is 0.143. The number of likely N-dealkylation sites (tertiary alicyclic amines) is 1. The zero-order chi connectivity index (χ0) is 8.97. The normalized spacial score (nSPS) is 21.6. The van der Waals surface area contributed by atoms with Crippen molar-refractivity contribution in [3.8, 4) is 0 Å². The second kappa shape index (κ2) is 4.50. The summed E-state index contributed by atoms with van der Waals surface area (Å²) < 4.78 is 23.8. The van der Waals surface area contributed by atoms with E-state index >= 15 is 0 Å². The second-order valence-corrected chi connectivity index (χ2v) is 3.17. The Hall–Kier alpha value is -0.510. The molecule has 0 saturated carbocycles. The zero-order valence-electron chi connectivity index (χ0n) is 6.88. The molecule has 4 heteroatoms. The summed E-state index contributed by atoms with van der Waals surface area (Å²) >= 11 is 0. The number of nitrogens with zero attached hydrogens (tertiary/aromatic N) is 1. The van der Waals surface area contributed by atoms with Crippen LogP contribution in [0.1, 0.15) is 12.8 Å². The Labute approximate surface area is 70.5 Å². The van der Waals surface area contributed by atoms with Crippen LogP contribution >= 0.6 is 0 Å². The number of rotatable bonds is 3. The van der Waals surface area contributed by atoms with E-state index in [0.717, 1.165) is 19.1 Å². The van der Waals surface area contributed by atoms with Crippen LogP contribution in [-0.4, -0.2) is 37.2 Å². The largest absolute Gasteiger partial charge is 0.303 e. The summed E-state index contributed by atoms with van der Waals surface area (Å²) in [5.74, 6) is 0.0962. The Bertz CT molecular complexity index is 144. The Morgan fingerprint density at radius 1 is 1.42 bits per heavy atom. The quantitative estimate of drug-likeness (QED) is 0.603. The first kappa shape index (κ1) is 9.58. The molecule has 0 spiro atoms. The van der Waals surface area contributed by atoms with Crippen LogP contribution in [0.2, 0.25) is 0 Å². The Morgan fingerprint density at radius 2 is 2.00 bits per heavy atom. The monoisotopic (exact) mass is 177 g/mol. The van der Waals surface area contributed by atoms with E-state index in [0.29, 0.717) is 13.1 Å². The summed E-state index contributed by atoms with van der Waals surface area (Å²) in [6.45, 7) is 1.12. The van der Waals surface area contributed by atoms with Crippen LogP contribution in [0.3, 0.4) is 0 Å². The number of hydrogen-bond acceptors (Lipinski definition) is 2. The molecule has 0 radical (unpaired) electrons. The van der Waals surface area contributed by atoms with Gasteiger partial charge in [0.15, 0.2) is 0 Å². The Morgan fingerprint density at radius 3 is 2.42 bits per heavy atom. The van der Waals surface area contributed by atoms with Crippen LogP contribution in [0.4, 0.5) is 8.78 Å². The van der Waals surface area contributed by atoms with Gasteiger partial charge in [-0.25, -0.2) is 8.78 Å². The smallest absolute Gasteiger partial charge is 0.251 e. The molecule has 0 N–H and O–H groups in total. The molecule has 0 aromatic carbocycles. The third kappa shape index (κ3) is 2.85. The predicted octanol–water partition coefficient (Wildman–Crippen LogP) is 1.16. The van der Waals surface area contributed by atoms with E-state index in [1.807, 2.05) is 0 Å². The van der Waals surface area contributed by atoms with Crippen molar-refractivity contribution in [2.45, 2.75) is 19.3 Å². The highest BCUT2D eigenvalue weighted by atomic mass is 19.3. The van der Waals surface area contributed by atoms with Gasteiger partial charge in [-0.3, -0.25) is 4.90 Å². The number of alkyl halides is 2. The van der Waals surface area contributed by atoms with Gasteiger partial charge in [-0.2, -0.15) is 0 Å². The molecule has 70 valence electrons. The maximum Gasteiger partial charge on any atom is 0.251 e. The van der Waals surface area contributed by atoms with E-state index in [1.54, 1.807) is 4.90 Å². The molecular formula is C8H13F2NO. The molecule has 0 atom stereocenters. The van der Waals surface area contributed by atoms with Gasteiger partial charge in [0, 0.05) is 5.92 Å². The lowest BCUT2D eigenvalue weighted by molar-refractivity contribution is -0.112.